The maximum Gasteiger partial charge on any atom is 0.262 e. The van der Waals surface area contributed by atoms with Gasteiger partial charge in [0.05, 0.1) is 16.1 Å². The molecule has 0 saturated heterocycles. The van der Waals surface area contributed by atoms with Gasteiger partial charge < -0.3 is 5.11 Å². The number of nitrogens with zero attached hydrogens (tertiary/aromatic N) is 2. The molecular weight excluding hydrogens is 216 g/mol. The predicted octanol–water partition coefficient (Wildman–Crippen LogP) is -0.106. The Balaban J connectivity index is 2.70. The Bertz CT molecular complexity index is 537. The van der Waals surface area contributed by atoms with Crippen LogP contribution in [0.5, 0.6) is 5.75 Å². The Hall–Kier alpha value is -2.44. The molecule has 0 N–H and O–H groups in total. The highest BCUT2D eigenvalue weighted by atomic mass is 16.6. The summed E-state index contributed by atoms with van der Waals surface area (Å²) >= 11 is 0. The lowest BCUT2D eigenvalue weighted by molar-refractivity contribution is -0.398. The zero-order chi connectivity index (χ0) is 12.0. The summed E-state index contributed by atoms with van der Waals surface area (Å²) in [5.74, 6) is -2.13. The molecule has 2 rings (SSSR count). The number of amides is 2. The predicted molar refractivity (Wildman–Crippen MR) is 49.0 cm³/mol. The highest BCUT2D eigenvalue weighted by Crippen LogP contribution is 2.31. The lowest BCUT2D eigenvalue weighted by atomic mass is 10.1. The molecular formula is C9H5N2O5-. The maximum atomic E-state index is 11.5. The zero-order valence-corrected chi connectivity index (χ0v) is 8.09. The number of fused-ring (bicyclic) bond motifs is 1. The van der Waals surface area contributed by atoms with Crippen molar-refractivity contribution in [1.82, 2.24) is 4.90 Å². The largest absolute Gasteiger partial charge is 0.868 e. The minimum absolute atomic E-state index is 0.0805. The van der Waals surface area contributed by atoms with Crippen LogP contribution in [0.4, 0.5) is 5.69 Å². The van der Waals surface area contributed by atoms with Crippen LogP contribution in [0.1, 0.15) is 20.7 Å². The van der Waals surface area contributed by atoms with Gasteiger partial charge in [-0.1, -0.05) is 0 Å². The minimum Gasteiger partial charge on any atom is -0.868 e. The summed E-state index contributed by atoms with van der Waals surface area (Å²) in [7, 11) is 1.25. The molecule has 0 unspecified atom stereocenters. The van der Waals surface area contributed by atoms with Gasteiger partial charge in [-0.15, -0.1) is 0 Å². The van der Waals surface area contributed by atoms with Gasteiger partial charge in [-0.2, -0.15) is 0 Å². The molecule has 0 atom stereocenters. The van der Waals surface area contributed by atoms with Crippen molar-refractivity contribution in [3.05, 3.63) is 33.4 Å². The van der Waals surface area contributed by atoms with Crippen molar-refractivity contribution in [1.29, 1.82) is 0 Å². The second-order valence-corrected chi connectivity index (χ2v) is 3.29. The summed E-state index contributed by atoms with van der Waals surface area (Å²) in [4.78, 5) is 33.3. The molecule has 0 spiro atoms. The molecule has 0 bridgehead atoms. The number of hydrogen-bond donors (Lipinski definition) is 0. The third-order valence-electron chi connectivity index (χ3n) is 2.37. The number of carbonyl (C=O) groups excluding carboxylic acids is 2. The maximum absolute atomic E-state index is 11.5. The third kappa shape index (κ3) is 1.14. The fourth-order valence-electron chi connectivity index (χ4n) is 1.52. The second-order valence-electron chi connectivity index (χ2n) is 3.29. The van der Waals surface area contributed by atoms with E-state index in [0.717, 1.165) is 17.0 Å². The molecule has 1 aliphatic rings. The van der Waals surface area contributed by atoms with Crippen LogP contribution >= 0.6 is 0 Å². The fraction of sp³-hybridized carbons (Fsp3) is 0.111. The van der Waals surface area contributed by atoms with E-state index >= 15 is 0 Å². The molecule has 1 aromatic rings. The number of hydrogen-bond acceptors (Lipinski definition) is 5. The van der Waals surface area contributed by atoms with Gasteiger partial charge >= 0.3 is 0 Å². The summed E-state index contributed by atoms with van der Waals surface area (Å²) < 4.78 is 0. The first-order valence-electron chi connectivity index (χ1n) is 4.25. The Morgan fingerprint density at radius 2 is 1.69 bits per heavy atom. The van der Waals surface area contributed by atoms with Crippen LogP contribution in [0.15, 0.2) is 12.1 Å². The van der Waals surface area contributed by atoms with E-state index in [1.165, 1.54) is 7.05 Å². The summed E-state index contributed by atoms with van der Waals surface area (Å²) in [6.45, 7) is 0. The molecule has 0 radical (unpaired) electrons. The van der Waals surface area contributed by atoms with E-state index < -0.39 is 28.2 Å². The Morgan fingerprint density at radius 1 is 1.19 bits per heavy atom. The molecule has 1 aromatic carbocycles. The van der Waals surface area contributed by atoms with Crippen LogP contribution < -0.4 is 5.11 Å². The van der Waals surface area contributed by atoms with Crippen LogP contribution in [-0.2, 0) is 0 Å². The molecule has 7 nitrogen and oxygen atoms in total. The monoisotopic (exact) mass is 221 g/mol. The summed E-state index contributed by atoms with van der Waals surface area (Å²) in [6.07, 6.45) is 0. The van der Waals surface area contributed by atoms with Crippen molar-refractivity contribution >= 4 is 17.5 Å². The number of carbonyl (C=O) groups is 2. The van der Waals surface area contributed by atoms with Gasteiger partial charge in [0.15, 0.2) is 0 Å². The van der Waals surface area contributed by atoms with E-state index in [0.29, 0.717) is 0 Å². The average Bonchev–Trinajstić information content (AvgIpc) is 2.43. The number of rotatable bonds is 1. The van der Waals surface area contributed by atoms with Crippen molar-refractivity contribution in [2.45, 2.75) is 0 Å². The van der Waals surface area contributed by atoms with E-state index in [-0.39, 0.29) is 11.1 Å². The highest BCUT2D eigenvalue weighted by Gasteiger charge is 2.34. The van der Waals surface area contributed by atoms with Gasteiger partial charge in [0.25, 0.3) is 17.5 Å². The number of imide groups is 1. The van der Waals surface area contributed by atoms with Crippen molar-refractivity contribution < 1.29 is 19.6 Å². The van der Waals surface area contributed by atoms with Crippen LogP contribution in [0.3, 0.4) is 0 Å². The SMILES string of the molecule is CN1C(=O)c2cc([O-])c([N+](=O)[O-])cc2C1=O. The van der Waals surface area contributed by atoms with Crippen molar-refractivity contribution in [2.75, 3.05) is 7.05 Å². The summed E-state index contributed by atoms with van der Waals surface area (Å²) in [5.41, 5.74) is -0.878. The first-order chi connectivity index (χ1) is 7.43. The van der Waals surface area contributed by atoms with Crippen LogP contribution in [0.2, 0.25) is 0 Å². The molecule has 1 aliphatic heterocycles. The van der Waals surface area contributed by atoms with E-state index in [1.54, 1.807) is 0 Å². The molecule has 16 heavy (non-hydrogen) atoms. The van der Waals surface area contributed by atoms with Gasteiger partial charge in [0.1, 0.15) is 0 Å². The molecule has 2 amide bonds. The topological polar surface area (TPSA) is 104 Å². The van der Waals surface area contributed by atoms with Gasteiger partial charge in [0.2, 0.25) is 0 Å². The Kier molecular flexibility index (Phi) is 1.91. The van der Waals surface area contributed by atoms with Gasteiger partial charge in [-0.3, -0.25) is 24.6 Å². The number of nitro groups is 1. The van der Waals surface area contributed by atoms with Gasteiger partial charge in [0, 0.05) is 13.1 Å². The molecule has 0 aliphatic carbocycles. The van der Waals surface area contributed by atoms with Gasteiger partial charge in [-0.05, 0) is 11.8 Å². The van der Waals surface area contributed by atoms with E-state index in [1.807, 2.05) is 0 Å². The summed E-state index contributed by atoms with van der Waals surface area (Å²) in [6, 6.07) is 1.68. The molecule has 7 heteroatoms. The van der Waals surface area contributed by atoms with Crippen LogP contribution in [0, 0.1) is 10.1 Å². The van der Waals surface area contributed by atoms with Crippen molar-refractivity contribution in [3.8, 4) is 5.75 Å². The quantitative estimate of drug-likeness (QED) is 0.374. The third-order valence-corrected chi connectivity index (χ3v) is 2.37. The van der Waals surface area contributed by atoms with Crippen molar-refractivity contribution in [2.24, 2.45) is 0 Å². The lowest BCUT2D eigenvalue weighted by Crippen LogP contribution is -2.24. The zero-order valence-electron chi connectivity index (χ0n) is 8.09. The molecule has 0 fully saturated rings. The Labute approximate surface area is 89.1 Å². The molecule has 0 aromatic heterocycles. The minimum atomic E-state index is -0.876. The van der Waals surface area contributed by atoms with E-state index in [9.17, 15) is 24.8 Å². The summed E-state index contributed by atoms with van der Waals surface area (Å²) in [5, 5.41) is 21.7. The Morgan fingerprint density at radius 3 is 2.19 bits per heavy atom. The second kappa shape index (κ2) is 3.02. The smallest absolute Gasteiger partial charge is 0.262 e. The first kappa shape index (κ1) is 10.1. The van der Waals surface area contributed by atoms with E-state index in [4.69, 9.17) is 0 Å². The normalized spacial score (nSPS) is 14.2. The van der Waals surface area contributed by atoms with Crippen molar-refractivity contribution in [3.63, 3.8) is 0 Å². The first-order valence-corrected chi connectivity index (χ1v) is 4.25. The van der Waals surface area contributed by atoms with E-state index in [2.05, 4.69) is 0 Å². The fourth-order valence-corrected chi connectivity index (χ4v) is 1.52. The average molecular weight is 221 g/mol. The number of nitro benzene ring substituents is 1. The molecule has 1 heterocycles. The molecule has 82 valence electrons. The standard InChI is InChI=1S/C9H6N2O5/c1-10-8(13)4-2-6(11(15)16)7(12)3-5(4)9(10)14/h2-3,12H,1H3/p-1. The molecule has 0 saturated carbocycles. The van der Waals surface area contributed by atoms with Crippen LogP contribution in [0.25, 0.3) is 0 Å². The highest BCUT2D eigenvalue weighted by molar-refractivity contribution is 6.21. The number of benzene rings is 1. The van der Waals surface area contributed by atoms with Gasteiger partial charge in [-0.25, -0.2) is 0 Å². The lowest BCUT2D eigenvalue weighted by Gasteiger charge is -2.06. The van der Waals surface area contributed by atoms with Crippen LogP contribution in [-0.4, -0.2) is 28.7 Å².